The summed E-state index contributed by atoms with van der Waals surface area (Å²) in [6, 6.07) is 0. The van der Waals surface area contributed by atoms with Gasteiger partial charge in [0.1, 0.15) is 0 Å². The number of hydrogen-bond acceptors (Lipinski definition) is 0. The number of hydrogen-bond donors (Lipinski definition) is 0. The molecule has 0 spiro atoms. The van der Waals surface area contributed by atoms with E-state index in [-0.39, 0.29) is 7.43 Å². The molecule has 0 aromatic heterocycles. The summed E-state index contributed by atoms with van der Waals surface area (Å²) in [5, 5.41) is 0. The van der Waals surface area contributed by atoms with E-state index in [9.17, 15) is 0 Å². The summed E-state index contributed by atoms with van der Waals surface area (Å²) in [6.45, 7) is 9.29. The molecule has 0 N–H and O–H groups in total. The minimum atomic E-state index is 0. The second-order valence-electron chi connectivity index (χ2n) is 4.07. The van der Waals surface area contributed by atoms with Gasteiger partial charge in [0.25, 0.3) is 0 Å². The lowest BCUT2D eigenvalue weighted by Gasteiger charge is -2.14. The van der Waals surface area contributed by atoms with E-state index < -0.39 is 0 Å². The Balaban J connectivity index is 0. The Bertz CT molecular complexity index is 74.1. The molecule has 0 fully saturated rings. The highest BCUT2D eigenvalue weighted by molar-refractivity contribution is 4.56. The minimum Gasteiger partial charge on any atom is -0.0776 e. The van der Waals surface area contributed by atoms with Crippen molar-refractivity contribution in [2.24, 2.45) is 11.8 Å². The van der Waals surface area contributed by atoms with Crippen LogP contribution in [0.1, 0.15) is 67.2 Å². The summed E-state index contributed by atoms with van der Waals surface area (Å²) in [6.07, 6.45) is 7.08. The van der Waals surface area contributed by atoms with E-state index in [0.29, 0.717) is 0 Å². The Labute approximate surface area is 79.8 Å². The lowest BCUT2D eigenvalue weighted by Crippen LogP contribution is -2.03. The fraction of sp³-hybridized carbons (Fsp3) is 1.00. The van der Waals surface area contributed by atoms with Crippen molar-refractivity contribution in [1.29, 1.82) is 0 Å². The molecular weight excluding hydrogens is 144 g/mol. The first-order valence-electron chi connectivity index (χ1n) is 5.18. The van der Waals surface area contributed by atoms with Gasteiger partial charge in [-0.3, -0.25) is 0 Å². The largest absolute Gasteiger partial charge is 0.0776 e. The Morgan fingerprint density at radius 2 is 1.50 bits per heavy atom. The fourth-order valence-corrected chi connectivity index (χ4v) is 1.23. The third kappa shape index (κ3) is 8.10. The zero-order valence-corrected chi connectivity index (χ0v) is 8.69. The van der Waals surface area contributed by atoms with Gasteiger partial charge in [-0.25, -0.2) is 0 Å². The van der Waals surface area contributed by atoms with E-state index in [4.69, 9.17) is 0 Å². The van der Waals surface area contributed by atoms with Crippen LogP contribution in [-0.4, -0.2) is 0 Å². The molecule has 0 aliphatic heterocycles. The molecule has 0 unspecified atom stereocenters. The van der Waals surface area contributed by atoms with E-state index in [1.165, 1.54) is 32.1 Å². The molecule has 0 radical (unpaired) electrons. The zero-order valence-electron chi connectivity index (χ0n) is 8.69. The van der Waals surface area contributed by atoms with Gasteiger partial charge in [-0.05, 0) is 11.8 Å². The Morgan fingerprint density at radius 3 is 1.92 bits per heavy atom. The van der Waals surface area contributed by atoms with Gasteiger partial charge < -0.3 is 0 Å². The van der Waals surface area contributed by atoms with Gasteiger partial charge in [-0.2, -0.15) is 0 Å². The standard InChI is InChI=1S/C11H24.CH4/c1-5-6-7-8-9-11(4)10(2)3;/h10-11H,5-9H2,1-4H3;1H4/t11-;/m0./s1. The summed E-state index contributed by atoms with van der Waals surface area (Å²) >= 11 is 0. The molecule has 0 heterocycles. The van der Waals surface area contributed by atoms with Gasteiger partial charge in [-0.15, -0.1) is 0 Å². The fourth-order valence-electron chi connectivity index (χ4n) is 1.23. The van der Waals surface area contributed by atoms with Crippen LogP contribution in [0.25, 0.3) is 0 Å². The van der Waals surface area contributed by atoms with Gasteiger partial charge in [0.15, 0.2) is 0 Å². The average molecular weight is 172 g/mol. The van der Waals surface area contributed by atoms with Crippen molar-refractivity contribution in [2.45, 2.75) is 67.2 Å². The summed E-state index contributed by atoms with van der Waals surface area (Å²) < 4.78 is 0. The van der Waals surface area contributed by atoms with Crippen LogP contribution < -0.4 is 0 Å². The van der Waals surface area contributed by atoms with Crippen molar-refractivity contribution >= 4 is 0 Å². The van der Waals surface area contributed by atoms with Crippen molar-refractivity contribution in [1.82, 2.24) is 0 Å². The molecule has 0 rings (SSSR count). The normalized spacial score (nSPS) is 12.8. The van der Waals surface area contributed by atoms with E-state index in [1.807, 2.05) is 0 Å². The van der Waals surface area contributed by atoms with Gasteiger partial charge in [0.05, 0.1) is 0 Å². The molecule has 0 bridgehead atoms. The van der Waals surface area contributed by atoms with Crippen LogP contribution in [0.2, 0.25) is 0 Å². The highest BCUT2D eigenvalue weighted by Gasteiger charge is 2.05. The van der Waals surface area contributed by atoms with Gasteiger partial charge >= 0.3 is 0 Å². The van der Waals surface area contributed by atoms with Gasteiger partial charge in [0.2, 0.25) is 0 Å². The first-order valence-corrected chi connectivity index (χ1v) is 5.18. The maximum absolute atomic E-state index is 2.37. The van der Waals surface area contributed by atoms with Gasteiger partial charge in [-0.1, -0.05) is 67.2 Å². The first-order chi connectivity index (χ1) is 5.18. The zero-order chi connectivity index (χ0) is 8.69. The highest BCUT2D eigenvalue weighted by atomic mass is 14.1. The summed E-state index contributed by atoms with van der Waals surface area (Å²) in [5.74, 6) is 1.79. The molecule has 0 heteroatoms. The Hall–Kier alpha value is 0. The van der Waals surface area contributed by atoms with Crippen LogP contribution in [0, 0.1) is 11.8 Å². The SMILES string of the molecule is C.CCCCCC[C@H](C)C(C)C. The van der Waals surface area contributed by atoms with Crippen molar-refractivity contribution in [3.8, 4) is 0 Å². The summed E-state index contributed by atoms with van der Waals surface area (Å²) in [4.78, 5) is 0. The van der Waals surface area contributed by atoms with E-state index in [1.54, 1.807) is 0 Å². The predicted octanol–water partition coefficient (Wildman–Crippen LogP) is 4.89. The van der Waals surface area contributed by atoms with Crippen LogP contribution in [0.3, 0.4) is 0 Å². The van der Waals surface area contributed by atoms with Crippen molar-refractivity contribution in [2.75, 3.05) is 0 Å². The Morgan fingerprint density at radius 1 is 0.917 bits per heavy atom. The lowest BCUT2D eigenvalue weighted by atomic mass is 9.92. The second-order valence-corrected chi connectivity index (χ2v) is 4.07. The predicted molar refractivity (Wildman–Crippen MR) is 59.5 cm³/mol. The quantitative estimate of drug-likeness (QED) is 0.501. The van der Waals surface area contributed by atoms with E-state index in [0.717, 1.165) is 11.8 Å². The number of unbranched alkanes of at least 4 members (excludes halogenated alkanes) is 3. The number of rotatable bonds is 6. The van der Waals surface area contributed by atoms with Crippen LogP contribution in [0.4, 0.5) is 0 Å². The average Bonchev–Trinajstić information content (AvgIpc) is 1.97. The maximum atomic E-state index is 2.37. The molecule has 0 saturated carbocycles. The minimum absolute atomic E-state index is 0. The monoisotopic (exact) mass is 172 g/mol. The Kier molecular flexibility index (Phi) is 11.0. The van der Waals surface area contributed by atoms with E-state index in [2.05, 4.69) is 27.7 Å². The first kappa shape index (κ1) is 14.5. The summed E-state index contributed by atoms with van der Waals surface area (Å²) in [5.41, 5.74) is 0. The molecule has 0 aromatic rings. The van der Waals surface area contributed by atoms with Crippen LogP contribution in [0.15, 0.2) is 0 Å². The summed E-state index contributed by atoms with van der Waals surface area (Å²) in [7, 11) is 0. The molecule has 76 valence electrons. The highest BCUT2D eigenvalue weighted by Crippen LogP contribution is 2.17. The van der Waals surface area contributed by atoms with Crippen molar-refractivity contribution in [3.05, 3.63) is 0 Å². The molecule has 0 amide bonds. The van der Waals surface area contributed by atoms with Gasteiger partial charge in [0, 0.05) is 0 Å². The molecular formula is C12H28. The molecule has 0 aliphatic carbocycles. The smallest absolute Gasteiger partial charge is 0.0420 e. The van der Waals surface area contributed by atoms with Crippen LogP contribution in [0.5, 0.6) is 0 Å². The third-order valence-corrected chi connectivity index (χ3v) is 2.65. The van der Waals surface area contributed by atoms with E-state index >= 15 is 0 Å². The lowest BCUT2D eigenvalue weighted by molar-refractivity contribution is 0.376. The third-order valence-electron chi connectivity index (χ3n) is 2.65. The topological polar surface area (TPSA) is 0 Å². The molecule has 0 aliphatic rings. The molecule has 0 aromatic carbocycles. The molecule has 12 heavy (non-hydrogen) atoms. The molecule has 0 nitrogen and oxygen atoms in total. The molecule has 0 saturated heterocycles. The van der Waals surface area contributed by atoms with Crippen molar-refractivity contribution in [3.63, 3.8) is 0 Å². The second kappa shape index (κ2) is 9.09. The maximum Gasteiger partial charge on any atom is -0.0420 e. The van der Waals surface area contributed by atoms with Crippen LogP contribution in [-0.2, 0) is 0 Å². The van der Waals surface area contributed by atoms with Crippen LogP contribution >= 0.6 is 0 Å². The molecule has 1 atom stereocenters. The van der Waals surface area contributed by atoms with Crippen molar-refractivity contribution < 1.29 is 0 Å².